The number of alkyl halides is 3. The van der Waals surface area contributed by atoms with Crippen molar-refractivity contribution >= 4 is 34.5 Å². The molecule has 3 aromatic rings. The van der Waals surface area contributed by atoms with Crippen molar-refractivity contribution in [1.29, 1.82) is 0 Å². The van der Waals surface area contributed by atoms with Gasteiger partial charge in [-0.1, -0.05) is 31.2 Å². The average Bonchev–Trinajstić information content (AvgIpc) is 3.21. The van der Waals surface area contributed by atoms with E-state index in [-0.39, 0.29) is 23.4 Å². The van der Waals surface area contributed by atoms with Crippen LogP contribution in [0.1, 0.15) is 13.3 Å². The molecule has 0 fully saturated rings. The normalized spacial score (nSPS) is 18.1. The number of nitrogens with one attached hydrogen (secondary N) is 2. The van der Waals surface area contributed by atoms with E-state index < -0.39 is 23.7 Å². The van der Waals surface area contributed by atoms with Gasteiger partial charge in [0.15, 0.2) is 0 Å². The number of nitrogens with zero attached hydrogens (tertiary/aromatic N) is 3. The molecule has 10 heteroatoms. The van der Waals surface area contributed by atoms with Crippen molar-refractivity contribution in [1.82, 2.24) is 14.9 Å². The van der Waals surface area contributed by atoms with E-state index in [1.807, 2.05) is 48.6 Å². The molecule has 4 rings (SSSR count). The first-order chi connectivity index (χ1) is 14.6. The second-order valence-corrected chi connectivity index (χ2v) is 7.45. The molecule has 2 amide bonds. The first-order valence-electron chi connectivity index (χ1n) is 9.59. The molecule has 31 heavy (non-hydrogen) atoms. The average molecular weight is 431 g/mol. The highest BCUT2D eigenvalue weighted by atomic mass is 19.4. The van der Waals surface area contributed by atoms with Gasteiger partial charge in [0.2, 0.25) is 11.9 Å². The monoisotopic (exact) mass is 431 g/mol. The third kappa shape index (κ3) is 3.01. The van der Waals surface area contributed by atoms with Crippen molar-refractivity contribution in [3.05, 3.63) is 42.5 Å². The lowest BCUT2D eigenvalue weighted by Gasteiger charge is -2.31. The van der Waals surface area contributed by atoms with E-state index in [1.54, 1.807) is 12.1 Å². The predicted octanol–water partition coefficient (Wildman–Crippen LogP) is 3.46. The SMILES string of the molecule is CCC(=O)NC1(C(F)(F)F)C(=O)Nc2nc3c(-c4ccc(N(C)C)cc4)cccc3n21. The molecule has 2 aromatic carbocycles. The molecule has 0 saturated carbocycles. The number of carbonyl (C=O) groups excluding carboxylic acids is 2. The number of carbonyl (C=O) groups is 2. The van der Waals surface area contributed by atoms with Crippen molar-refractivity contribution in [2.24, 2.45) is 0 Å². The quantitative estimate of drug-likeness (QED) is 0.663. The van der Waals surface area contributed by atoms with Gasteiger partial charge in [0.1, 0.15) is 0 Å². The number of fused-ring (bicyclic) bond motifs is 3. The van der Waals surface area contributed by atoms with Crippen LogP contribution in [-0.2, 0) is 15.3 Å². The highest BCUT2D eigenvalue weighted by Crippen LogP contribution is 2.45. The fourth-order valence-electron chi connectivity index (χ4n) is 3.72. The summed E-state index contributed by atoms with van der Waals surface area (Å²) in [5.74, 6) is -2.57. The Bertz CT molecular complexity index is 1180. The van der Waals surface area contributed by atoms with Crippen LogP contribution >= 0.6 is 0 Å². The van der Waals surface area contributed by atoms with Crippen LogP contribution in [0.3, 0.4) is 0 Å². The molecule has 1 aliphatic heterocycles. The van der Waals surface area contributed by atoms with E-state index in [0.29, 0.717) is 5.56 Å². The minimum absolute atomic E-state index is 0.0799. The van der Waals surface area contributed by atoms with E-state index >= 15 is 0 Å². The number of halogens is 3. The molecular formula is C21H20F3N5O2. The first kappa shape index (κ1) is 20.7. The molecule has 2 heterocycles. The molecule has 1 unspecified atom stereocenters. The van der Waals surface area contributed by atoms with Gasteiger partial charge in [-0.25, -0.2) is 4.98 Å². The summed E-state index contributed by atoms with van der Waals surface area (Å²) in [5, 5.41) is 4.07. The van der Waals surface area contributed by atoms with E-state index in [4.69, 9.17) is 0 Å². The Hall–Kier alpha value is -3.56. The van der Waals surface area contributed by atoms with Crippen LogP contribution < -0.4 is 15.5 Å². The zero-order valence-electron chi connectivity index (χ0n) is 17.0. The smallest absolute Gasteiger partial charge is 0.378 e. The fourth-order valence-corrected chi connectivity index (χ4v) is 3.72. The molecular weight excluding hydrogens is 411 g/mol. The zero-order valence-corrected chi connectivity index (χ0v) is 17.0. The number of para-hydroxylation sites is 1. The van der Waals surface area contributed by atoms with Gasteiger partial charge in [0.25, 0.3) is 11.6 Å². The maximum absolute atomic E-state index is 14.3. The third-order valence-electron chi connectivity index (χ3n) is 5.32. The molecule has 0 spiro atoms. The number of rotatable bonds is 4. The van der Waals surface area contributed by atoms with Crippen molar-refractivity contribution in [3.8, 4) is 11.1 Å². The third-order valence-corrected chi connectivity index (χ3v) is 5.32. The van der Waals surface area contributed by atoms with Crippen LogP contribution in [-0.4, -0.2) is 41.6 Å². The largest absolute Gasteiger partial charge is 0.440 e. The van der Waals surface area contributed by atoms with Crippen LogP contribution in [0.25, 0.3) is 22.2 Å². The topological polar surface area (TPSA) is 79.3 Å². The maximum atomic E-state index is 14.3. The summed E-state index contributed by atoms with van der Waals surface area (Å²) in [7, 11) is 3.80. The van der Waals surface area contributed by atoms with E-state index in [0.717, 1.165) is 15.8 Å². The van der Waals surface area contributed by atoms with Crippen molar-refractivity contribution in [3.63, 3.8) is 0 Å². The predicted molar refractivity (Wildman–Crippen MR) is 111 cm³/mol. The molecule has 7 nitrogen and oxygen atoms in total. The number of amides is 2. The highest BCUT2D eigenvalue weighted by Gasteiger charge is 2.67. The van der Waals surface area contributed by atoms with Crippen molar-refractivity contribution in [2.45, 2.75) is 25.2 Å². The van der Waals surface area contributed by atoms with Gasteiger partial charge >= 0.3 is 6.18 Å². The number of hydrogen-bond donors (Lipinski definition) is 2. The Morgan fingerprint density at radius 1 is 1.19 bits per heavy atom. The van der Waals surface area contributed by atoms with Crippen molar-refractivity contribution < 1.29 is 22.8 Å². The number of benzene rings is 2. The van der Waals surface area contributed by atoms with E-state index in [1.165, 1.54) is 13.0 Å². The molecule has 162 valence electrons. The second kappa shape index (κ2) is 7.00. The Kier molecular flexibility index (Phi) is 4.68. The van der Waals surface area contributed by atoms with E-state index in [9.17, 15) is 22.8 Å². The minimum Gasteiger partial charge on any atom is -0.378 e. The van der Waals surface area contributed by atoms with Gasteiger partial charge < -0.3 is 10.2 Å². The molecule has 0 bridgehead atoms. The Morgan fingerprint density at radius 2 is 1.87 bits per heavy atom. The van der Waals surface area contributed by atoms with Crippen LogP contribution in [0.5, 0.6) is 0 Å². The van der Waals surface area contributed by atoms with E-state index in [2.05, 4.69) is 10.3 Å². The van der Waals surface area contributed by atoms with Gasteiger partial charge in [-0.2, -0.15) is 13.2 Å². The molecule has 1 aliphatic rings. The standard InChI is InChI=1S/C21H20F3N5O2/c1-4-16(30)27-20(21(22,23)24)18(31)26-19-25-17-14(6-5-7-15(17)29(19)20)12-8-10-13(11-9-12)28(2)3/h5-11H,4H2,1-3H3,(H,27,30)(H,25,26,31). The summed E-state index contributed by atoms with van der Waals surface area (Å²) in [6.45, 7) is 1.41. The summed E-state index contributed by atoms with van der Waals surface area (Å²) in [4.78, 5) is 30.7. The molecule has 0 aliphatic carbocycles. The number of hydrogen-bond acceptors (Lipinski definition) is 4. The zero-order chi connectivity index (χ0) is 22.6. The summed E-state index contributed by atoms with van der Waals surface area (Å²) in [5.41, 5.74) is -0.566. The maximum Gasteiger partial charge on any atom is 0.440 e. The summed E-state index contributed by atoms with van der Waals surface area (Å²) < 4.78 is 43.5. The number of aromatic nitrogens is 2. The summed E-state index contributed by atoms with van der Waals surface area (Å²) in [6, 6.07) is 12.3. The van der Waals surface area contributed by atoms with Crippen LogP contribution in [0.2, 0.25) is 0 Å². The second-order valence-electron chi connectivity index (χ2n) is 7.45. The van der Waals surface area contributed by atoms with Gasteiger partial charge in [-0.05, 0) is 23.8 Å². The molecule has 2 N–H and O–H groups in total. The lowest BCUT2D eigenvalue weighted by Crippen LogP contribution is -2.63. The highest BCUT2D eigenvalue weighted by molar-refractivity contribution is 6.06. The molecule has 0 radical (unpaired) electrons. The summed E-state index contributed by atoms with van der Waals surface area (Å²) in [6.07, 6.45) is -5.30. The Morgan fingerprint density at radius 3 is 2.45 bits per heavy atom. The lowest BCUT2D eigenvalue weighted by atomic mass is 10.0. The van der Waals surface area contributed by atoms with Gasteiger partial charge in [-0.3, -0.25) is 19.5 Å². The summed E-state index contributed by atoms with van der Waals surface area (Å²) >= 11 is 0. The molecule has 0 saturated heterocycles. The first-order valence-corrected chi connectivity index (χ1v) is 9.59. The van der Waals surface area contributed by atoms with Crippen LogP contribution in [0, 0.1) is 0 Å². The van der Waals surface area contributed by atoms with Gasteiger partial charge in [0.05, 0.1) is 11.0 Å². The number of imidazole rings is 1. The number of anilines is 2. The van der Waals surface area contributed by atoms with Gasteiger partial charge in [-0.15, -0.1) is 0 Å². The minimum atomic E-state index is -5.09. The lowest BCUT2D eigenvalue weighted by molar-refractivity contribution is -0.217. The molecule has 1 aromatic heterocycles. The molecule has 1 atom stereocenters. The van der Waals surface area contributed by atoms with Crippen LogP contribution in [0.4, 0.5) is 24.8 Å². The Labute approximate surface area is 175 Å². The fraction of sp³-hybridized carbons (Fsp3) is 0.286. The van der Waals surface area contributed by atoms with Crippen molar-refractivity contribution in [2.75, 3.05) is 24.3 Å². The Balaban J connectivity index is 1.94. The van der Waals surface area contributed by atoms with Gasteiger partial charge in [0, 0.05) is 31.8 Å². The van der Waals surface area contributed by atoms with Crippen LogP contribution in [0.15, 0.2) is 42.5 Å².